The molecule has 2 aromatic rings. The van der Waals surface area contributed by atoms with E-state index in [1.165, 1.54) is 18.2 Å². The molecule has 0 aliphatic heterocycles. The Bertz CT molecular complexity index is 717. The minimum absolute atomic E-state index is 0.0936. The number of benzene rings is 2. The summed E-state index contributed by atoms with van der Waals surface area (Å²) in [5, 5.41) is 1.56. The van der Waals surface area contributed by atoms with Crippen molar-refractivity contribution < 1.29 is 31.1 Å². The first kappa shape index (κ1) is 15.9. The minimum Gasteiger partial charge on any atom is -0.321 e. The van der Waals surface area contributed by atoms with Gasteiger partial charge in [0.25, 0.3) is 0 Å². The Morgan fingerprint density at radius 2 is 1.32 bits per heavy atom. The Balaban J connectivity index is 2.28. The largest absolute Gasteiger partial charge is 0.321 e. The highest BCUT2D eigenvalue weighted by Gasteiger charge is 2.26. The highest BCUT2D eigenvalue weighted by atomic mass is 19.2. The maximum Gasteiger partial charge on any atom is 0.229 e. The van der Waals surface area contributed by atoms with E-state index in [-0.39, 0.29) is 5.56 Å². The lowest BCUT2D eigenvalue weighted by Gasteiger charge is -2.10. The van der Waals surface area contributed by atoms with Gasteiger partial charge in [-0.2, -0.15) is 0 Å². The Morgan fingerprint density at radius 1 is 0.818 bits per heavy atom. The summed E-state index contributed by atoms with van der Waals surface area (Å²) in [5.41, 5.74) is -1.57. The number of amides is 1. The van der Waals surface area contributed by atoms with Gasteiger partial charge in [-0.25, -0.2) is 26.3 Å². The molecule has 1 amide bonds. The molecule has 0 atom stereocenters. The summed E-state index contributed by atoms with van der Waals surface area (Å²) < 4.78 is 78.9. The van der Waals surface area contributed by atoms with E-state index in [0.717, 1.165) is 6.07 Å². The zero-order valence-corrected chi connectivity index (χ0v) is 10.7. The number of hydrogen-bond acceptors (Lipinski definition) is 1. The molecule has 0 radical (unpaired) electrons. The summed E-state index contributed by atoms with van der Waals surface area (Å²) in [6, 6.07) is 5.08. The molecule has 0 fully saturated rings. The predicted molar refractivity (Wildman–Crippen MR) is 65.0 cm³/mol. The topological polar surface area (TPSA) is 29.1 Å². The summed E-state index contributed by atoms with van der Waals surface area (Å²) in [7, 11) is 0. The molecule has 2 rings (SSSR count). The van der Waals surface area contributed by atoms with Crippen LogP contribution in [0.15, 0.2) is 24.3 Å². The standard InChI is InChI=1S/C14H7F6NO/c15-7-4-2-1-3-6(7)5-8(22)21-14-12(19)10(17)9(16)11(18)13(14)20/h1-4H,5H2,(H,21,22). The van der Waals surface area contributed by atoms with Crippen molar-refractivity contribution in [1.29, 1.82) is 0 Å². The van der Waals surface area contributed by atoms with Gasteiger partial charge in [0.15, 0.2) is 23.3 Å². The summed E-state index contributed by atoms with van der Waals surface area (Å²) in [6.45, 7) is 0. The van der Waals surface area contributed by atoms with E-state index in [0.29, 0.717) is 0 Å². The van der Waals surface area contributed by atoms with Crippen LogP contribution in [0.2, 0.25) is 0 Å². The maximum atomic E-state index is 13.4. The van der Waals surface area contributed by atoms with Crippen LogP contribution in [0.25, 0.3) is 0 Å². The van der Waals surface area contributed by atoms with E-state index in [1.807, 2.05) is 0 Å². The van der Waals surface area contributed by atoms with E-state index in [2.05, 4.69) is 0 Å². The van der Waals surface area contributed by atoms with Crippen LogP contribution in [0, 0.1) is 34.9 Å². The number of carbonyl (C=O) groups excluding carboxylic acids is 1. The predicted octanol–water partition coefficient (Wildman–Crippen LogP) is 3.70. The van der Waals surface area contributed by atoms with Crippen molar-refractivity contribution in [3.63, 3.8) is 0 Å². The molecule has 0 aliphatic rings. The Hall–Kier alpha value is -2.51. The first-order valence-electron chi connectivity index (χ1n) is 5.87. The summed E-state index contributed by atoms with van der Waals surface area (Å²) in [6.07, 6.45) is -0.633. The van der Waals surface area contributed by atoms with Gasteiger partial charge in [0.2, 0.25) is 11.7 Å². The lowest BCUT2D eigenvalue weighted by atomic mass is 10.1. The van der Waals surface area contributed by atoms with Crippen LogP contribution < -0.4 is 5.32 Å². The van der Waals surface area contributed by atoms with Gasteiger partial charge in [0, 0.05) is 0 Å². The molecule has 0 heterocycles. The second kappa shape index (κ2) is 6.08. The third-order valence-corrected chi connectivity index (χ3v) is 2.78. The molecular weight excluding hydrogens is 312 g/mol. The third kappa shape index (κ3) is 2.90. The molecule has 0 unspecified atom stereocenters. The van der Waals surface area contributed by atoms with Gasteiger partial charge in [-0.1, -0.05) is 18.2 Å². The number of halogens is 6. The van der Waals surface area contributed by atoms with Crippen LogP contribution in [-0.2, 0) is 11.2 Å². The van der Waals surface area contributed by atoms with E-state index >= 15 is 0 Å². The average molecular weight is 319 g/mol. The Kier molecular flexibility index (Phi) is 4.39. The maximum absolute atomic E-state index is 13.4. The zero-order valence-electron chi connectivity index (χ0n) is 10.7. The van der Waals surface area contributed by atoms with Crippen LogP contribution >= 0.6 is 0 Å². The Labute approximate surface area is 120 Å². The van der Waals surface area contributed by atoms with Crippen molar-refractivity contribution in [3.8, 4) is 0 Å². The summed E-state index contributed by atoms with van der Waals surface area (Å²) in [5.74, 6) is -12.9. The summed E-state index contributed by atoms with van der Waals surface area (Å²) >= 11 is 0. The molecular formula is C14H7F6NO. The van der Waals surface area contributed by atoms with E-state index in [1.54, 1.807) is 5.32 Å². The van der Waals surface area contributed by atoms with Crippen LogP contribution in [-0.4, -0.2) is 5.91 Å². The van der Waals surface area contributed by atoms with Crippen molar-refractivity contribution >= 4 is 11.6 Å². The number of hydrogen-bond donors (Lipinski definition) is 1. The van der Waals surface area contributed by atoms with E-state index in [4.69, 9.17) is 0 Å². The molecule has 2 nitrogen and oxygen atoms in total. The average Bonchev–Trinajstić information content (AvgIpc) is 2.50. The molecule has 116 valence electrons. The molecule has 8 heteroatoms. The van der Waals surface area contributed by atoms with E-state index in [9.17, 15) is 31.1 Å². The fourth-order valence-electron chi connectivity index (χ4n) is 1.71. The molecule has 1 N–H and O–H groups in total. The van der Waals surface area contributed by atoms with Crippen LogP contribution in [0.4, 0.5) is 32.0 Å². The molecule has 0 bridgehead atoms. The number of carbonyl (C=O) groups is 1. The second-order valence-corrected chi connectivity index (χ2v) is 4.26. The van der Waals surface area contributed by atoms with Crippen molar-refractivity contribution in [1.82, 2.24) is 0 Å². The van der Waals surface area contributed by atoms with Crippen molar-refractivity contribution in [2.45, 2.75) is 6.42 Å². The van der Waals surface area contributed by atoms with Crippen LogP contribution in [0.5, 0.6) is 0 Å². The van der Waals surface area contributed by atoms with E-state index < -0.39 is 52.9 Å². The smallest absolute Gasteiger partial charge is 0.229 e. The van der Waals surface area contributed by atoms with Gasteiger partial charge in [0.05, 0.1) is 6.42 Å². The van der Waals surface area contributed by atoms with Crippen molar-refractivity contribution in [2.24, 2.45) is 0 Å². The Morgan fingerprint density at radius 3 is 1.86 bits per heavy atom. The highest BCUT2D eigenvalue weighted by molar-refractivity contribution is 5.92. The first-order valence-corrected chi connectivity index (χ1v) is 5.87. The molecule has 0 saturated carbocycles. The molecule has 22 heavy (non-hydrogen) atoms. The van der Waals surface area contributed by atoms with Crippen LogP contribution in [0.1, 0.15) is 5.56 Å². The summed E-state index contributed by atoms with van der Waals surface area (Å²) in [4.78, 5) is 11.6. The molecule has 0 spiro atoms. The van der Waals surface area contributed by atoms with Crippen LogP contribution in [0.3, 0.4) is 0 Å². The number of anilines is 1. The lowest BCUT2D eigenvalue weighted by molar-refractivity contribution is -0.115. The number of rotatable bonds is 3. The van der Waals surface area contributed by atoms with Gasteiger partial charge in [0.1, 0.15) is 11.5 Å². The molecule has 0 saturated heterocycles. The van der Waals surface area contributed by atoms with Gasteiger partial charge >= 0.3 is 0 Å². The van der Waals surface area contributed by atoms with Gasteiger partial charge in [-0.3, -0.25) is 4.79 Å². The first-order chi connectivity index (χ1) is 10.3. The lowest BCUT2D eigenvalue weighted by Crippen LogP contribution is -2.19. The van der Waals surface area contributed by atoms with Crippen molar-refractivity contribution in [2.75, 3.05) is 5.32 Å². The monoisotopic (exact) mass is 319 g/mol. The number of nitrogens with one attached hydrogen (secondary N) is 1. The molecule has 0 aromatic heterocycles. The quantitative estimate of drug-likeness (QED) is 0.522. The third-order valence-electron chi connectivity index (χ3n) is 2.78. The molecule has 2 aromatic carbocycles. The van der Waals surface area contributed by atoms with Crippen molar-refractivity contribution in [3.05, 3.63) is 64.7 Å². The highest BCUT2D eigenvalue weighted by Crippen LogP contribution is 2.27. The fraction of sp³-hybridized carbons (Fsp3) is 0.0714. The normalized spacial score (nSPS) is 10.6. The second-order valence-electron chi connectivity index (χ2n) is 4.26. The van der Waals surface area contributed by atoms with Gasteiger partial charge in [-0.05, 0) is 11.6 Å². The molecule has 0 aliphatic carbocycles. The fourth-order valence-corrected chi connectivity index (χ4v) is 1.71. The van der Waals surface area contributed by atoms with Gasteiger partial charge in [-0.15, -0.1) is 0 Å². The minimum atomic E-state index is -2.33. The SMILES string of the molecule is O=C(Cc1ccccc1F)Nc1c(F)c(F)c(F)c(F)c1F. The van der Waals surface area contributed by atoms with Gasteiger partial charge < -0.3 is 5.32 Å². The zero-order chi connectivity index (χ0) is 16.4.